The summed E-state index contributed by atoms with van der Waals surface area (Å²) in [5.41, 5.74) is 0.356. The summed E-state index contributed by atoms with van der Waals surface area (Å²) in [5.74, 6) is 0.333. The van der Waals surface area contributed by atoms with Crippen LogP contribution < -0.4 is 5.32 Å². The average Bonchev–Trinajstić information content (AvgIpc) is 2.73. The number of hydrogen-bond donors (Lipinski definition) is 1. The van der Waals surface area contributed by atoms with Crippen molar-refractivity contribution in [2.24, 2.45) is 11.8 Å². The van der Waals surface area contributed by atoms with Crippen LogP contribution in [0.5, 0.6) is 0 Å². The molecule has 2 aromatic rings. The van der Waals surface area contributed by atoms with Crippen LogP contribution in [0.2, 0.25) is 5.02 Å². The lowest BCUT2D eigenvalue weighted by Gasteiger charge is -2.34. The van der Waals surface area contributed by atoms with E-state index in [1.54, 1.807) is 22.5 Å². The highest BCUT2D eigenvalue weighted by Gasteiger charge is 2.32. The zero-order valence-electron chi connectivity index (χ0n) is 19.0. The number of rotatable bonds is 7. The number of hydrogen-bond acceptors (Lipinski definition) is 4. The highest BCUT2D eigenvalue weighted by atomic mass is 35.5. The number of amides is 1. The summed E-state index contributed by atoms with van der Waals surface area (Å²) < 4.78 is 28.4. The molecular formula is C24H31ClN2O3S2. The molecule has 0 radical (unpaired) electrons. The van der Waals surface area contributed by atoms with Crippen LogP contribution in [0.4, 0.5) is 0 Å². The first-order chi connectivity index (χ1) is 15.1. The first-order valence-electron chi connectivity index (χ1n) is 11.0. The van der Waals surface area contributed by atoms with Crippen molar-refractivity contribution in [3.05, 3.63) is 53.1 Å². The maximum absolute atomic E-state index is 13.4. The molecule has 1 fully saturated rings. The van der Waals surface area contributed by atoms with Crippen molar-refractivity contribution in [3.63, 3.8) is 0 Å². The number of nitrogens with zero attached hydrogens (tertiary/aromatic N) is 1. The third-order valence-corrected chi connectivity index (χ3v) is 8.81. The Hall–Kier alpha value is -1.54. The van der Waals surface area contributed by atoms with Gasteiger partial charge in [-0.3, -0.25) is 4.79 Å². The number of carbonyl (C=O) groups excluding carboxylic acids is 1. The Kier molecular flexibility index (Phi) is 8.31. The normalized spacial score (nSPS) is 20.7. The molecule has 3 unspecified atom stereocenters. The van der Waals surface area contributed by atoms with Gasteiger partial charge >= 0.3 is 0 Å². The lowest BCUT2D eigenvalue weighted by Crippen LogP contribution is -2.42. The second-order valence-electron chi connectivity index (χ2n) is 8.77. The average molecular weight is 495 g/mol. The minimum Gasteiger partial charge on any atom is -0.350 e. The van der Waals surface area contributed by atoms with Crippen molar-refractivity contribution in [1.29, 1.82) is 0 Å². The summed E-state index contributed by atoms with van der Waals surface area (Å²) in [4.78, 5) is 14.8. The fourth-order valence-corrected chi connectivity index (χ4v) is 6.89. The molecule has 32 heavy (non-hydrogen) atoms. The maximum atomic E-state index is 13.4. The fraction of sp³-hybridized carbons (Fsp3) is 0.458. The van der Waals surface area contributed by atoms with Crippen molar-refractivity contribution in [3.8, 4) is 0 Å². The number of carbonyl (C=O) groups is 1. The Morgan fingerprint density at radius 2 is 1.88 bits per heavy atom. The van der Waals surface area contributed by atoms with E-state index in [1.807, 2.05) is 32.0 Å². The topological polar surface area (TPSA) is 66.5 Å². The summed E-state index contributed by atoms with van der Waals surface area (Å²) in [5, 5.41) is 3.57. The van der Waals surface area contributed by atoms with Crippen LogP contribution >= 0.6 is 23.4 Å². The van der Waals surface area contributed by atoms with E-state index >= 15 is 0 Å². The summed E-state index contributed by atoms with van der Waals surface area (Å²) in [6.45, 7) is 9.08. The Morgan fingerprint density at radius 3 is 2.50 bits per heavy atom. The van der Waals surface area contributed by atoms with Crippen LogP contribution in [-0.4, -0.2) is 37.8 Å². The summed E-state index contributed by atoms with van der Waals surface area (Å²) in [6, 6.07) is 12.2. The number of piperidine rings is 1. The van der Waals surface area contributed by atoms with Crippen molar-refractivity contribution in [2.75, 3.05) is 13.1 Å². The molecule has 0 bridgehead atoms. The Labute approximate surface area is 201 Å². The molecule has 8 heteroatoms. The van der Waals surface area contributed by atoms with Crippen LogP contribution in [0.25, 0.3) is 0 Å². The van der Waals surface area contributed by atoms with Gasteiger partial charge in [0.25, 0.3) is 5.91 Å². The Morgan fingerprint density at radius 1 is 1.19 bits per heavy atom. The van der Waals surface area contributed by atoms with Gasteiger partial charge in [0.05, 0.1) is 10.5 Å². The van der Waals surface area contributed by atoms with Crippen molar-refractivity contribution in [2.45, 2.75) is 61.3 Å². The van der Waals surface area contributed by atoms with E-state index in [0.29, 0.717) is 40.4 Å². The fourth-order valence-electron chi connectivity index (χ4n) is 3.95. The molecule has 1 N–H and O–H groups in total. The van der Waals surface area contributed by atoms with E-state index < -0.39 is 10.0 Å². The highest BCUT2D eigenvalue weighted by Crippen LogP contribution is 2.34. The van der Waals surface area contributed by atoms with Gasteiger partial charge in [0.2, 0.25) is 10.0 Å². The minimum absolute atomic E-state index is 0.0180. The molecule has 5 nitrogen and oxygen atoms in total. The van der Waals surface area contributed by atoms with Gasteiger partial charge < -0.3 is 5.32 Å². The van der Waals surface area contributed by atoms with Gasteiger partial charge in [-0.2, -0.15) is 4.31 Å². The van der Waals surface area contributed by atoms with Crippen molar-refractivity contribution < 1.29 is 13.2 Å². The number of benzene rings is 2. The molecule has 2 aromatic carbocycles. The van der Waals surface area contributed by atoms with Crippen LogP contribution in [0.3, 0.4) is 0 Å². The second kappa shape index (κ2) is 10.6. The molecule has 1 heterocycles. The molecule has 0 aliphatic carbocycles. The van der Waals surface area contributed by atoms with E-state index in [0.717, 1.165) is 17.7 Å². The first kappa shape index (κ1) is 25.1. The van der Waals surface area contributed by atoms with Crippen LogP contribution in [0.15, 0.2) is 57.2 Å². The van der Waals surface area contributed by atoms with Gasteiger partial charge in [-0.05, 0) is 68.0 Å². The number of halogens is 1. The summed E-state index contributed by atoms with van der Waals surface area (Å²) in [7, 11) is -3.69. The standard InChI is InChI=1S/C24H31ClN2O3S2/c1-5-18(4)26-24(28)22-13-21(32(29,30)27-14-16(2)11-17(3)15-27)9-10-23(22)31-20-8-6-7-19(25)12-20/h6-10,12-13,16-18H,5,11,14-15H2,1-4H3,(H,26,28). The summed E-state index contributed by atoms with van der Waals surface area (Å²) in [6.07, 6.45) is 1.80. The SMILES string of the molecule is CCC(C)NC(=O)c1cc(S(=O)(=O)N2CC(C)CC(C)C2)ccc1Sc1cccc(Cl)c1. The van der Waals surface area contributed by atoms with E-state index in [2.05, 4.69) is 19.2 Å². The molecule has 1 aliphatic heterocycles. The third kappa shape index (κ3) is 6.07. The van der Waals surface area contributed by atoms with Crippen LogP contribution in [-0.2, 0) is 10.0 Å². The lowest BCUT2D eigenvalue weighted by atomic mass is 9.94. The van der Waals surface area contributed by atoms with E-state index in [1.165, 1.54) is 17.8 Å². The van der Waals surface area contributed by atoms with Gasteiger partial charge in [-0.1, -0.05) is 50.2 Å². The molecule has 174 valence electrons. The zero-order valence-corrected chi connectivity index (χ0v) is 21.4. The molecule has 0 spiro atoms. The van der Waals surface area contributed by atoms with Gasteiger partial charge in [-0.15, -0.1) is 0 Å². The predicted molar refractivity (Wildman–Crippen MR) is 131 cm³/mol. The van der Waals surface area contributed by atoms with E-state index in [4.69, 9.17) is 11.6 Å². The molecule has 1 amide bonds. The number of nitrogens with one attached hydrogen (secondary N) is 1. The first-order valence-corrected chi connectivity index (χ1v) is 13.6. The van der Waals surface area contributed by atoms with Gasteiger partial charge in [-0.25, -0.2) is 8.42 Å². The third-order valence-electron chi connectivity index (χ3n) is 5.68. The quantitative estimate of drug-likeness (QED) is 0.537. The maximum Gasteiger partial charge on any atom is 0.252 e. The zero-order chi connectivity index (χ0) is 23.5. The van der Waals surface area contributed by atoms with Gasteiger partial charge in [0.15, 0.2) is 0 Å². The van der Waals surface area contributed by atoms with Crippen LogP contribution in [0, 0.1) is 11.8 Å². The highest BCUT2D eigenvalue weighted by molar-refractivity contribution is 7.99. The summed E-state index contributed by atoms with van der Waals surface area (Å²) >= 11 is 7.51. The van der Waals surface area contributed by atoms with E-state index in [9.17, 15) is 13.2 Å². The monoisotopic (exact) mass is 494 g/mol. The lowest BCUT2D eigenvalue weighted by molar-refractivity contribution is 0.0936. The van der Waals surface area contributed by atoms with E-state index in [-0.39, 0.29) is 16.8 Å². The second-order valence-corrected chi connectivity index (χ2v) is 12.3. The van der Waals surface area contributed by atoms with Gasteiger partial charge in [0.1, 0.15) is 0 Å². The Balaban J connectivity index is 1.99. The Bertz CT molecular complexity index is 1060. The molecular weight excluding hydrogens is 464 g/mol. The molecule has 3 rings (SSSR count). The predicted octanol–water partition coefficient (Wildman–Crippen LogP) is 5.69. The molecule has 1 saturated heterocycles. The number of sulfonamides is 1. The smallest absolute Gasteiger partial charge is 0.252 e. The van der Waals surface area contributed by atoms with Crippen LogP contribution in [0.1, 0.15) is 50.9 Å². The molecule has 0 aromatic heterocycles. The largest absolute Gasteiger partial charge is 0.350 e. The molecule has 0 saturated carbocycles. The minimum atomic E-state index is -3.69. The molecule has 3 atom stereocenters. The van der Waals surface area contributed by atoms with Crippen molar-refractivity contribution >= 4 is 39.3 Å². The van der Waals surface area contributed by atoms with Crippen molar-refractivity contribution in [1.82, 2.24) is 9.62 Å². The molecule has 1 aliphatic rings. The van der Waals surface area contributed by atoms with Gasteiger partial charge in [0, 0.05) is 33.9 Å².